The molecule has 1 unspecified atom stereocenters. The fourth-order valence-electron chi connectivity index (χ4n) is 2.06. The van der Waals surface area contributed by atoms with Crippen molar-refractivity contribution in [1.82, 2.24) is 0 Å². The molecule has 1 amide bonds. The smallest absolute Gasteiger partial charge is 0.227 e. The molecule has 1 saturated heterocycles. The summed E-state index contributed by atoms with van der Waals surface area (Å²) in [5.74, 6) is 1.41. The van der Waals surface area contributed by atoms with Gasteiger partial charge in [-0.1, -0.05) is 0 Å². The summed E-state index contributed by atoms with van der Waals surface area (Å²) >= 11 is 6.56. The molecule has 0 bridgehead atoms. The SMILES string of the molecule is Cc1cc(I)ccc1N1CC(CS)CC1=O. The maximum Gasteiger partial charge on any atom is 0.227 e. The van der Waals surface area contributed by atoms with Gasteiger partial charge in [-0.25, -0.2) is 0 Å². The highest BCUT2D eigenvalue weighted by atomic mass is 127. The van der Waals surface area contributed by atoms with Gasteiger partial charge in [-0.15, -0.1) is 0 Å². The van der Waals surface area contributed by atoms with E-state index in [1.807, 2.05) is 17.0 Å². The number of anilines is 1. The molecule has 0 aromatic heterocycles. The Hall–Kier alpha value is -0.230. The molecular formula is C12H14INOS. The summed E-state index contributed by atoms with van der Waals surface area (Å²) in [5.41, 5.74) is 2.22. The van der Waals surface area contributed by atoms with Crippen LogP contribution in [0.2, 0.25) is 0 Å². The van der Waals surface area contributed by atoms with Crippen LogP contribution in [0.25, 0.3) is 0 Å². The summed E-state index contributed by atoms with van der Waals surface area (Å²) in [6.45, 7) is 2.86. The zero-order valence-electron chi connectivity index (χ0n) is 9.11. The molecule has 2 nitrogen and oxygen atoms in total. The molecule has 1 aromatic rings. The Morgan fingerprint density at radius 3 is 2.88 bits per heavy atom. The first-order chi connectivity index (χ1) is 7.61. The lowest BCUT2D eigenvalue weighted by Gasteiger charge is -2.19. The predicted molar refractivity (Wildman–Crippen MR) is 78.2 cm³/mol. The highest BCUT2D eigenvalue weighted by molar-refractivity contribution is 14.1. The Morgan fingerprint density at radius 2 is 2.31 bits per heavy atom. The fourth-order valence-corrected chi connectivity index (χ4v) is 2.95. The first kappa shape index (κ1) is 12.2. The second-order valence-electron chi connectivity index (χ2n) is 4.19. The Bertz CT molecular complexity index is 421. The lowest BCUT2D eigenvalue weighted by atomic mass is 10.1. The number of halogens is 1. The van der Waals surface area contributed by atoms with Crippen LogP contribution >= 0.6 is 35.2 Å². The van der Waals surface area contributed by atoms with Crippen LogP contribution in [-0.4, -0.2) is 18.2 Å². The van der Waals surface area contributed by atoms with Crippen LogP contribution in [0.4, 0.5) is 5.69 Å². The molecule has 0 aliphatic carbocycles. The molecule has 1 heterocycles. The molecule has 0 N–H and O–H groups in total. The van der Waals surface area contributed by atoms with Crippen molar-refractivity contribution in [2.24, 2.45) is 5.92 Å². The third-order valence-corrected chi connectivity index (χ3v) is 4.10. The third kappa shape index (κ3) is 2.37. The lowest BCUT2D eigenvalue weighted by Crippen LogP contribution is -2.25. The first-order valence-electron chi connectivity index (χ1n) is 5.29. The molecular weight excluding hydrogens is 333 g/mol. The van der Waals surface area contributed by atoms with E-state index >= 15 is 0 Å². The van der Waals surface area contributed by atoms with Crippen molar-refractivity contribution < 1.29 is 4.79 Å². The van der Waals surface area contributed by atoms with Gasteiger partial charge in [-0.3, -0.25) is 4.79 Å². The number of thiol groups is 1. The normalized spacial score (nSPS) is 20.6. The zero-order chi connectivity index (χ0) is 11.7. The average Bonchev–Trinajstić information content (AvgIpc) is 2.60. The highest BCUT2D eigenvalue weighted by Crippen LogP contribution is 2.29. The van der Waals surface area contributed by atoms with Gasteiger partial charge < -0.3 is 4.90 Å². The Morgan fingerprint density at radius 1 is 1.56 bits per heavy atom. The van der Waals surface area contributed by atoms with Crippen LogP contribution in [0.5, 0.6) is 0 Å². The quantitative estimate of drug-likeness (QED) is 0.644. The summed E-state index contributed by atoms with van der Waals surface area (Å²) in [7, 11) is 0. The van der Waals surface area contributed by atoms with Gasteiger partial charge in [0.1, 0.15) is 0 Å². The molecule has 86 valence electrons. The average molecular weight is 347 g/mol. The molecule has 1 aromatic carbocycles. The van der Waals surface area contributed by atoms with E-state index in [0.717, 1.165) is 18.0 Å². The van der Waals surface area contributed by atoms with E-state index in [-0.39, 0.29) is 5.91 Å². The minimum Gasteiger partial charge on any atom is -0.312 e. The number of benzene rings is 1. The van der Waals surface area contributed by atoms with Gasteiger partial charge in [-0.05, 0) is 64.9 Å². The summed E-state index contributed by atoms with van der Waals surface area (Å²) in [6.07, 6.45) is 0.634. The molecule has 16 heavy (non-hydrogen) atoms. The number of hydrogen-bond acceptors (Lipinski definition) is 2. The molecule has 1 aliphatic heterocycles. The van der Waals surface area contributed by atoms with Crippen molar-refractivity contribution in [3.8, 4) is 0 Å². The number of carbonyl (C=O) groups excluding carboxylic acids is 1. The predicted octanol–water partition coefficient (Wildman–Crippen LogP) is 2.88. The van der Waals surface area contributed by atoms with E-state index in [0.29, 0.717) is 12.3 Å². The van der Waals surface area contributed by atoms with Gasteiger partial charge in [0, 0.05) is 22.2 Å². The number of carbonyl (C=O) groups is 1. The third-order valence-electron chi connectivity index (χ3n) is 2.91. The van der Waals surface area contributed by atoms with Gasteiger partial charge in [0.05, 0.1) is 0 Å². The van der Waals surface area contributed by atoms with E-state index in [4.69, 9.17) is 0 Å². The lowest BCUT2D eigenvalue weighted by molar-refractivity contribution is -0.117. The Balaban J connectivity index is 2.28. The second-order valence-corrected chi connectivity index (χ2v) is 5.80. The largest absolute Gasteiger partial charge is 0.312 e. The van der Waals surface area contributed by atoms with Crippen LogP contribution < -0.4 is 4.90 Å². The minimum absolute atomic E-state index is 0.225. The maximum atomic E-state index is 11.9. The fraction of sp³-hybridized carbons (Fsp3) is 0.417. The van der Waals surface area contributed by atoms with Crippen molar-refractivity contribution in [3.63, 3.8) is 0 Å². The molecule has 1 aliphatic rings. The summed E-state index contributed by atoms with van der Waals surface area (Å²) in [5, 5.41) is 0. The van der Waals surface area contributed by atoms with Crippen molar-refractivity contribution in [2.45, 2.75) is 13.3 Å². The van der Waals surface area contributed by atoms with Crippen molar-refractivity contribution in [1.29, 1.82) is 0 Å². The van der Waals surface area contributed by atoms with Crippen LogP contribution in [-0.2, 0) is 4.79 Å². The number of nitrogens with zero attached hydrogens (tertiary/aromatic N) is 1. The van der Waals surface area contributed by atoms with E-state index in [1.54, 1.807) is 0 Å². The molecule has 0 spiro atoms. The van der Waals surface area contributed by atoms with Crippen molar-refractivity contribution >= 4 is 46.8 Å². The van der Waals surface area contributed by atoms with Gasteiger partial charge in [0.15, 0.2) is 0 Å². The number of rotatable bonds is 2. The van der Waals surface area contributed by atoms with Crippen LogP contribution in [0.15, 0.2) is 18.2 Å². The van der Waals surface area contributed by atoms with Crippen molar-refractivity contribution in [3.05, 3.63) is 27.3 Å². The first-order valence-corrected chi connectivity index (χ1v) is 7.00. The standard InChI is InChI=1S/C12H14INOS/c1-8-4-10(13)2-3-11(8)14-6-9(7-16)5-12(14)15/h2-4,9,16H,5-7H2,1H3. The van der Waals surface area contributed by atoms with Gasteiger partial charge in [-0.2, -0.15) is 12.6 Å². The second kappa shape index (κ2) is 4.96. The minimum atomic E-state index is 0.225. The summed E-state index contributed by atoms with van der Waals surface area (Å²) in [6, 6.07) is 6.19. The maximum absolute atomic E-state index is 11.9. The molecule has 4 heteroatoms. The van der Waals surface area contributed by atoms with E-state index in [1.165, 1.54) is 9.13 Å². The van der Waals surface area contributed by atoms with Gasteiger partial charge >= 0.3 is 0 Å². The van der Waals surface area contributed by atoms with Gasteiger partial charge in [0.25, 0.3) is 0 Å². The van der Waals surface area contributed by atoms with E-state index in [9.17, 15) is 4.79 Å². The number of aryl methyl sites for hydroxylation is 1. The van der Waals surface area contributed by atoms with Crippen LogP contribution in [0.3, 0.4) is 0 Å². The summed E-state index contributed by atoms with van der Waals surface area (Å²) < 4.78 is 1.20. The van der Waals surface area contributed by atoms with E-state index in [2.05, 4.69) is 48.2 Å². The van der Waals surface area contributed by atoms with E-state index < -0.39 is 0 Å². The number of hydrogen-bond donors (Lipinski definition) is 1. The zero-order valence-corrected chi connectivity index (χ0v) is 12.2. The molecule has 1 atom stereocenters. The number of amides is 1. The summed E-state index contributed by atoms with van der Waals surface area (Å²) in [4.78, 5) is 13.8. The molecule has 0 saturated carbocycles. The van der Waals surface area contributed by atoms with Crippen molar-refractivity contribution in [2.75, 3.05) is 17.2 Å². The Kier molecular flexibility index (Phi) is 3.79. The van der Waals surface area contributed by atoms with Crippen LogP contribution in [0.1, 0.15) is 12.0 Å². The molecule has 1 fully saturated rings. The molecule has 0 radical (unpaired) electrons. The molecule has 2 rings (SSSR count). The topological polar surface area (TPSA) is 20.3 Å². The van der Waals surface area contributed by atoms with Crippen LogP contribution in [0, 0.1) is 16.4 Å². The monoisotopic (exact) mass is 347 g/mol. The van der Waals surface area contributed by atoms with Gasteiger partial charge in [0.2, 0.25) is 5.91 Å². The highest BCUT2D eigenvalue weighted by Gasteiger charge is 2.30. The Labute approximate surface area is 115 Å².